The third kappa shape index (κ3) is 4.18. The van der Waals surface area contributed by atoms with Crippen LogP contribution in [0.25, 0.3) is 0 Å². The monoisotopic (exact) mass is 318 g/mol. The van der Waals surface area contributed by atoms with Crippen LogP contribution in [0.1, 0.15) is 40.0 Å². The molecule has 0 spiro atoms. The van der Waals surface area contributed by atoms with Crippen LogP contribution in [0.3, 0.4) is 0 Å². The molecule has 1 unspecified atom stereocenters. The summed E-state index contributed by atoms with van der Waals surface area (Å²) in [5, 5.41) is 6.97. The Hall–Kier alpha value is -1.61. The van der Waals surface area contributed by atoms with Gasteiger partial charge in [0.05, 0.1) is 23.0 Å². The molecule has 5 heteroatoms. The standard InChI is InChI=1S/C16H18N2OS2/c1-11(2)15(14-6-4-8-20-14)18-16(19)12-9-13(21-10-12)5-3-7-17/h4,6,8-11,15H,7,17H2,1-2H3,(H,18,19). The first kappa shape index (κ1) is 15.8. The summed E-state index contributed by atoms with van der Waals surface area (Å²) >= 11 is 3.13. The van der Waals surface area contributed by atoms with E-state index in [1.165, 1.54) is 16.2 Å². The van der Waals surface area contributed by atoms with E-state index < -0.39 is 0 Å². The Morgan fingerprint density at radius 3 is 2.86 bits per heavy atom. The lowest BCUT2D eigenvalue weighted by Gasteiger charge is -2.20. The van der Waals surface area contributed by atoms with Gasteiger partial charge < -0.3 is 11.1 Å². The second-order valence-corrected chi connectivity index (χ2v) is 6.81. The van der Waals surface area contributed by atoms with Crippen LogP contribution in [0.5, 0.6) is 0 Å². The van der Waals surface area contributed by atoms with E-state index in [2.05, 4.69) is 37.1 Å². The van der Waals surface area contributed by atoms with Gasteiger partial charge in [0.15, 0.2) is 0 Å². The molecule has 0 saturated carbocycles. The molecule has 2 aromatic heterocycles. The molecule has 2 rings (SSSR count). The molecule has 1 atom stereocenters. The van der Waals surface area contributed by atoms with Crippen molar-refractivity contribution in [2.75, 3.05) is 6.54 Å². The van der Waals surface area contributed by atoms with Gasteiger partial charge in [-0.2, -0.15) is 0 Å². The average molecular weight is 318 g/mol. The minimum Gasteiger partial charge on any atom is -0.344 e. The van der Waals surface area contributed by atoms with Gasteiger partial charge in [-0.1, -0.05) is 31.8 Å². The zero-order valence-corrected chi connectivity index (χ0v) is 13.7. The summed E-state index contributed by atoms with van der Waals surface area (Å²) in [6.07, 6.45) is 0. The van der Waals surface area contributed by atoms with E-state index in [0.29, 0.717) is 18.0 Å². The average Bonchev–Trinajstić information content (AvgIpc) is 3.13. The van der Waals surface area contributed by atoms with Crippen LogP contribution in [0.15, 0.2) is 29.0 Å². The van der Waals surface area contributed by atoms with Crippen LogP contribution < -0.4 is 11.1 Å². The highest BCUT2D eigenvalue weighted by Crippen LogP contribution is 2.26. The summed E-state index contributed by atoms with van der Waals surface area (Å²) < 4.78 is 0. The van der Waals surface area contributed by atoms with Gasteiger partial charge in [0.1, 0.15) is 0 Å². The zero-order chi connectivity index (χ0) is 15.2. The molecule has 0 saturated heterocycles. The zero-order valence-electron chi connectivity index (χ0n) is 12.1. The van der Waals surface area contributed by atoms with E-state index in [-0.39, 0.29) is 11.9 Å². The minimum absolute atomic E-state index is 0.0379. The van der Waals surface area contributed by atoms with Gasteiger partial charge in [-0.05, 0) is 23.4 Å². The first-order chi connectivity index (χ1) is 10.1. The highest BCUT2D eigenvalue weighted by molar-refractivity contribution is 7.11. The lowest BCUT2D eigenvalue weighted by Crippen LogP contribution is -2.30. The fourth-order valence-corrected chi connectivity index (χ4v) is 3.62. The normalized spacial score (nSPS) is 11.8. The molecule has 0 aliphatic carbocycles. The lowest BCUT2D eigenvalue weighted by atomic mass is 10.0. The van der Waals surface area contributed by atoms with Crippen LogP contribution in [0.4, 0.5) is 0 Å². The summed E-state index contributed by atoms with van der Waals surface area (Å²) in [6.45, 7) is 4.54. The molecule has 2 heterocycles. The molecule has 110 valence electrons. The van der Waals surface area contributed by atoms with Crippen molar-refractivity contribution < 1.29 is 4.79 Å². The maximum Gasteiger partial charge on any atom is 0.252 e. The van der Waals surface area contributed by atoms with Crippen molar-refractivity contribution in [3.8, 4) is 11.8 Å². The molecule has 1 amide bonds. The molecular weight excluding hydrogens is 300 g/mol. The largest absolute Gasteiger partial charge is 0.344 e. The second-order valence-electron chi connectivity index (χ2n) is 4.92. The number of thiophene rings is 2. The highest BCUT2D eigenvalue weighted by Gasteiger charge is 2.20. The topological polar surface area (TPSA) is 55.1 Å². The van der Waals surface area contributed by atoms with Gasteiger partial charge in [-0.15, -0.1) is 22.7 Å². The fraction of sp³-hybridized carbons (Fsp3) is 0.312. The van der Waals surface area contributed by atoms with Crippen LogP contribution >= 0.6 is 22.7 Å². The predicted molar refractivity (Wildman–Crippen MR) is 89.6 cm³/mol. The number of nitrogens with one attached hydrogen (secondary N) is 1. The minimum atomic E-state index is -0.0563. The van der Waals surface area contributed by atoms with E-state index in [9.17, 15) is 4.79 Å². The fourth-order valence-electron chi connectivity index (χ4n) is 1.92. The predicted octanol–water partition coefficient (Wildman–Crippen LogP) is 3.25. The Morgan fingerprint density at radius 1 is 1.43 bits per heavy atom. The van der Waals surface area contributed by atoms with E-state index in [1.54, 1.807) is 11.3 Å². The number of hydrogen-bond donors (Lipinski definition) is 2. The molecule has 0 aliphatic rings. The maximum absolute atomic E-state index is 12.4. The second kappa shape index (κ2) is 7.41. The molecule has 0 fully saturated rings. The van der Waals surface area contributed by atoms with Crippen molar-refractivity contribution in [1.82, 2.24) is 5.32 Å². The molecular formula is C16H18N2OS2. The Kier molecular flexibility index (Phi) is 5.57. The van der Waals surface area contributed by atoms with Gasteiger partial charge in [-0.25, -0.2) is 0 Å². The molecule has 3 nitrogen and oxygen atoms in total. The van der Waals surface area contributed by atoms with E-state index >= 15 is 0 Å². The van der Waals surface area contributed by atoms with Crippen LogP contribution in [-0.4, -0.2) is 12.5 Å². The first-order valence-corrected chi connectivity index (χ1v) is 8.49. The quantitative estimate of drug-likeness (QED) is 0.850. The van der Waals surface area contributed by atoms with E-state index in [4.69, 9.17) is 5.73 Å². The Labute approximate surface area is 133 Å². The van der Waals surface area contributed by atoms with Gasteiger partial charge in [0.2, 0.25) is 0 Å². The number of rotatable bonds is 4. The van der Waals surface area contributed by atoms with E-state index in [1.807, 2.05) is 22.9 Å². The Balaban J connectivity index is 2.10. The number of hydrogen-bond acceptors (Lipinski definition) is 4. The molecule has 0 bridgehead atoms. The molecule has 21 heavy (non-hydrogen) atoms. The summed E-state index contributed by atoms with van der Waals surface area (Å²) in [5.41, 5.74) is 6.01. The van der Waals surface area contributed by atoms with Crippen LogP contribution in [0.2, 0.25) is 0 Å². The molecule has 0 radical (unpaired) electrons. The number of nitrogens with two attached hydrogens (primary N) is 1. The molecule has 3 N–H and O–H groups in total. The van der Waals surface area contributed by atoms with Gasteiger partial charge in [-0.3, -0.25) is 4.79 Å². The van der Waals surface area contributed by atoms with Crippen LogP contribution in [0, 0.1) is 17.8 Å². The van der Waals surface area contributed by atoms with Crippen molar-refractivity contribution >= 4 is 28.6 Å². The summed E-state index contributed by atoms with van der Waals surface area (Å²) in [5.74, 6) is 6.02. The third-order valence-corrected chi connectivity index (χ3v) is 4.78. The number of carbonyl (C=O) groups is 1. The Morgan fingerprint density at radius 2 is 2.24 bits per heavy atom. The molecule has 0 aromatic carbocycles. The van der Waals surface area contributed by atoms with Gasteiger partial charge >= 0.3 is 0 Å². The first-order valence-electron chi connectivity index (χ1n) is 6.73. The van der Waals surface area contributed by atoms with Crippen molar-refractivity contribution in [3.63, 3.8) is 0 Å². The highest BCUT2D eigenvalue weighted by atomic mass is 32.1. The third-order valence-electron chi connectivity index (χ3n) is 2.98. The van der Waals surface area contributed by atoms with Crippen molar-refractivity contribution in [3.05, 3.63) is 44.3 Å². The smallest absolute Gasteiger partial charge is 0.252 e. The summed E-state index contributed by atoms with van der Waals surface area (Å²) in [4.78, 5) is 14.4. The number of amides is 1. The van der Waals surface area contributed by atoms with Crippen molar-refractivity contribution in [1.29, 1.82) is 0 Å². The lowest BCUT2D eigenvalue weighted by molar-refractivity contribution is 0.0927. The molecule has 0 aliphatic heterocycles. The van der Waals surface area contributed by atoms with Crippen LogP contribution in [-0.2, 0) is 0 Å². The van der Waals surface area contributed by atoms with Gasteiger partial charge in [0, 0.05) is 10.3 Å². The number of carbonyl (C=O) groups excluding carboxylic acids is 1. The van der Waals surface area contributed by atoms with Crippen molar-refractivity contribution in [2.24, 2.45) is 11.7 Å². The van der Waals surface area contributed by atoms with E-state index in [0.717, 1.165) is 4.88 Å². The summed E-state index contributed by atoms with van der Waals surface area (Å²) in [6, 6.07) is 5.92. The SMILES string of the molecule is CC(C)C(NC(=O)c1csc(C#CCN)c1)c1cccs1. The Bertz CT molecular complexity index is 647. The van der Waals surface area contributed by atoms with Crippen molar-refractivity contribution in [2.45, 2.75) is 19.9 Å². The van der Waals surface area contributed by atoms with Gasteiger partial charge in [0.25, 0.3) is 5.91 Å². The summed E-state index contributed by atoms with van der Waals surface area (Å²) in [7, 11) is 0. The maximum atomic E-state index is 12.4. The molecule has 2 aromatic rings.